The number of ether oxygens (including phenoxy) is 2. The van der Waals surface area contributed by atoms with E-state index in [4.69, 9.17) is 25.1 Å². The van der Waals surface area contributed by atoms with Crippen LogP contribution in [0.25, 0.3) is 10.4 Å². The van der Waals surface area contributed by atoms with Gasteiger partial charge < -0.3 is 19.9 Å². The van der Waals surface area contributed by atoms with E-state index in [9.17, 15) is 4.79 Å². The quantitative estimate of drug-likeness (QED) is 0.158. The molecular formula is C29H31N5O4. The van der Waals surface area contributed by atoms with Crippen LogP contribution in [0.15, 0.2) is 82.9 Å². The van der Waals surface area contributed by atoms with Gasteiger partial charge in [-0.15, -0.1) is 0 Å². The van der Waals surface area contributed by atoms with Crippen LogP contribution >= 0.6 is 0 Å². The monoisotopic (exact) mass is 513 g/mol. The molecular weight excluding hydrogens is 482 g/mol. The van der Waals surface area contributed by atoms with Gasteiger partial charge in [-0.05, 0) is 53.4 Å². The van der Waals surface area contributed by atoms with Crippen molar-refractivity contribution in [3.05, 3.63) is 111 Å². The molecule has 38 heavy (non-hydrogen) atoms. The lowest BCUT2D eigenvalue weighted by Gasteiger charge is -2.24. The largest absolute Gasteiger partial charge is 0.494 e. The van der Waals surface area contributed by atoms with Crippen molar-refractivity contribution in [2.24, 2.45) is 10.1 Å². The molecule has 3 aromatic rings. The molecule has 0 fully saturated rings. The lowest BCUT2D eigenvalue weighted by Crippen LogP contribution is -2.48. The minimum absolute atomic E-state index is 0.0722. The van der Waals surface area contributed by atoms with Crippen LogP contribution < -0.4 is 10.1 Å². The fourth-order valence-corrected chi connectivity index (χ4v) is 4.31. The van der Waals surface area contributed by atoms with E-state index in [-0.39, 0.29) is 32.1 Å². The van der Waals surface area contributed by atoms with Gasteiger partial charge in [-0.25, -0.2) is 4.99 Å². The van der Waals surface area contributed by atoms with Crippen LogP contribution in [0.4, 0.5) is 0 Å². The Labute approximate surface area is 221 Å². The molecule has 0 bridgehead atoms. The highest BCUT2D eigenvalue weighted by atomic mass is 16.5. The number of hydrogen-bond donors (Lipinski definition) is 2. The van der Waals surface area contributed by atoms with Gasteiger partial charge in [-0.1, -0.05) is 59.2 Å². The summed E-state index contributed by atoms with van der Waals surface area (Å²) in [4.78, 5) is 21.4. The van der Waals surface area contributed by atoms with Crippen LogP contribution in [0.2, 0.25) is 0 Å². The number of carbonyl (C=O) groups excluding carboxylic acids is 1. The molecule has 1 heterocycles. The lowest BCUT2D eigenvalue weighted by atomic mass is 9.89. The fraction of sp³-hybridized carbons (Fsp3) is 0.310. The Bertz CT molecular complexity index is 1330. The van der Waals surface area contributed by atoms with Gasteiger partial charge in [0.1, 0.15) is 12.4 Å². The number of hydrogen-bond acceptors (Lipinski definition) is 6. The standard InChI is InChI=1S/C29H31N5O4/c1-21-6-4-7-22(16-21)18-31-28(36)29(17-24-8-2-3-9-25(24)19-32-34-30)20-38-27(33-29)23-10-12-26(13-11-23)37-15-5-14-35/h2-4,6-13,16,35H,5,14-15,17-20H2,1H3,(H,31,36)/t29-/m1/s1. The zero-order chi connectivity index (χ0) is 26.8. The third-order valence-corrected chi connectivity index (χ3v) is 6.30. The van der Waals surface area contributed by atoms with Gasteiger partial charge in [-0.2, -0.15) is 0 Å². The van der Waals surface area contributed by atoms with Crippen LogP contribution in [0.5, 0.6) is 5.75 Å². The summed E-state index contributed by atoms with van der Waals surface area (Å²) >= 11 is 0. The number of aryl methyl sites for hydroxylation is 1. The molecule has 9 heteroatoms. The van der Waals surface area contributed by atoms with Crippen molar-refractivity contribution in [2.45, 2.75) is 38.4 Å². The van der Waals surface area contributed by atoms with Crippen LogP contribution in [0.1, 0.15) is 34.2 Å². The number of amides is 1. The van der Waals surface area contributed by atoms with Crippen LogP contribution in [-0.2, 0) is 29.0 Å². The summed E-state index contributed by atoms with van der Waals surface area (Å²) in [5.74, 6) is 0.816. The van der Waals surface area contributed by atoms with Crippen LogP contribution in [0, 0.1) is 6.92 Å². The second-order valence-electron chi connectivity index (χ2n) is 9.19. The Morgan fingerprint density at radius 1 is 1.16 bits per heavy atom. The minimum atomic E-state index is -1.19. The Kier molecular flexibility index (Phi) is 8.98. The molecule has 3 aromatic carbocycles. The maximum absolute atomic E-state index is 13.7. The highest BCUT2D eigenvalue weighted by Crippen LogP contribution is 2.29. The Balaban J connectivity index is 1.61. The average Bonchev–Trinajstić information content (AvgIpc) is 3.37. The lowest BCUT2D eigenvalue weighted by molar-refractivity contribution is -0.126. The molecule has 9 nitrogen and oxygen atoms in total. The number of azide groups is 1. The summed E-state index contributed by atoms with van der Waals surface area (Å²) < 4.78 is 11.6. The highest BCUT2D eigenvalue weighted by Gasteiger charge is 2.44. The molecule has 0 aliphatic carbocycles. The van der Waals surface area contributed by atoms with E-state index in [2.05, 4.69) is 15.3 Å². The van der Waals surface area contributed by atoms with Crippen LogP contribution in [0.3, 0.4) is 0 Å². The molecule has 4 rings (SSSR count). The summed E-state index contributed by atoms with van der Waals surface area (Å²) in [6, 6.07) is 22.9. The number of benzene rings is 3. The number of nitrogens with zero attached hydrogens (tertiary/aromatic N) is 4. The molecule has 1 atom stereocenters. The second kappa shape index (κ2) is 12.8. The van der Waals surface area contributed by atoms with E-state index in [0.29, 0.717) is 31.2 Å². The molecule has 1 aliphatic rings. The first-order valence-corrected chi connectivity index (χ1v) is 12.5. The molecule has 1 amide bonds. The van der Waals surface area contributed by atoms with Gasteiger partial charge in [-0.3, -0.25) is 4.79 Å². The summed E-state index contributed by atoms with van der Waals surface area (Å²) in [5, 5.41) is 15.7. The average molecular weight is 514 g/mol. The molecule has 0 unspecified atom stereocenters. The van der Waals surface area contributed by atoms with E-state index in [1.54, 1.807) is 0 Å². The molecule has 0 saturated heterocycles. The smallest absolute Gasteiger partial charge is 0.252 e. The first-order valence-electron chi connectivity index (χ1n) is 12.5. The normalized spacial score (nSPS) is 16.2. The summed E-state index contributed by atoms with van der Waals surface area (Å²) in [6.45, 7) is 3.14. The van der Waals surface area contributed by atoms with Crippen molar-refractivity contribution < 1.29 is 19.4 Å². The Morgan fingerprint density at radius 3 is 2.68 bits per heavy atom. The molecule has 2 N–H and O–H groups in total. The third kappa shape index (κ3) is 6.70. The zero-order valence-electron chi connectivity index (χ0n) is 21.3. The number of carbonyl (C=O) groups is 1. The van der Waals surface area contributed by atoms with E-state index >= 15 is 0 Å². The first kappa shape index (κ1) is 26.7. The van der Waals surface area contributed by atoms with Crippen molar-refractivity contribution in [3.63, 3.8) is 0 Å². The maximum atomic E-state index is 13.7. The van der Waals surface area contributed by atoms with Crippen molar-refractivity contribution in [1.29, 1.82) is 0 Å². The molecule has 0 spiro atoms. The third-order valence-electron chi connectivity index (χ3n) is 6.30. The fourth-order valence-electron chi connectivity index (χ4n) is 4.31. The highest BCUT2D eigenvalue weighted by molar-refractivity contribution is 6.00. The van der Waals surface area contributed by atoms with Crippen molar-refractivity contribution in [1.82, 2.24) is 5.32 Å². The van der Waals surface area contributed by atoms with E-state index in [1.165, 1.54) is 0 Å². The Hall–Kier alpha value is -4.33. The summed E-state index contributed by atoms with van der Waals surface area (Å²) in [6.07, 6.45) is 0.842. The molecule has 0 saturated carbocycles. The first-order chi connectivity index (χ1) is 18.5. The van der Waals surface area contributed by atoms with Crippen LogP contribution in [-0.4, -0.2) is 42.3 Å². The molecule has 196 valence electrons. The number of aliphatic imine (C=N–C) groups is 1. The van der Waals surface area contributed by atoms with Gasteiger partial charge >= 0.3 is 0 Å². The number of aliphatic hydroxyl groups is 1. The minimum Gasteiger partial charge on any atom is -0.494 e. The van der Waals surface area contributed by atoms with Crippen molar-refractivity contribution in [2.75, 3.05) is 19.8 Å². The van der Waals surface area contributed by atoms with E-state index in [1.807, 2.05) is 79.7 Å². The van der Waals surface area contributed by atoms with Crippen molar-refractivity contribution >= 4 is 11.8 Å². The summed E-state index contributed by atoms with van der Waals surface area (Å²) in [7, 11) is 0. The molecule has 0 aromatic heterocycles. The molecule has 0 radical (unpaired) electrons. The van der Waals surface area contributed by atoms with Gasteiger partial charge in [0.15, 0.2) is 5.54 Å². The Morgan fingerprint density at radius 2 is 1.95 bits per heavy atom. The second-order valence-corrected chi connectivity index (χ2v) is 9.19. The number of nitrogens with one attached hydrogen (secondary N) is 1. The summed E-state index contributed by atoms with van der Waals surface area (Å²) in [5.41, 5.74) is 12.2. The number of aliphatic hydroxyl groups excluding tert-OH is 1. The molecule has 1 aliphatic heterocycles. The van der Waals surface area contributed by atoms with E-state index < -0.39 is 5.54 Å². The van der Waals surface area contributed by atoms with Gasteiger partial charge in [0.2, 0.25) is 5.90 Å². The van der Waals surface area contributed by atoms with Gasteiger partial charge in [0, 0.05) is 36.5 Å². The SMILES string of the molecule is Cc1cccc(CNC(=O)[C@@]2(Cc3ccccc3CN=[N+]=[N-])COC(c3ccc(OCCCO)cc3)=N2)c1. The number of rotatable bonds is 12. The van der Waals surface area contributed by atoms with Gasteiger partial charge in [0.25, 0.3) is 5.91 Å². The zero-order valence-corrected chi connectivity index (χ0v) is 21.3. The van der Waals surface area contributed by atoms with E-state index in [0.717, 1.165) is 27.8 Å². The maximum Gasteiger partial charge on any atom is 0.252 e. The predicted molar refractivity (Wildman–Crippen MR) is 145 cm³/mol. The van der Waals surface area contributed by atoms with Gasteiger partial charge in [0.05, 0.1) is 13.2 Å². The van der Waals surface area contributed by atoms with Crippen molar-refractivity contribution in [3.8, 4) is 5.75 Å². The predicted octanol–water partition coefficient (Wildman–Crippen LogP) is 4.64. The topological polar surface area (TPSA) is 129 Å².